The van der Waals surface area contributed by atoms with Crippen LogP contribution in [-0.4, -0.2) is 34.0 Å². The SMILES string of the molecule is CCNS(=O)(=O)c1ccc(C)c(C(=O)OCc2ccoc2C(=O)OC)c1. The Morgan fingerprint density at radius 1 is 1.19 bits per heavy atom. The first-order chi connectivity index (χ1) is 12.3. The van der Waals surface area contributed by atoms with Gasteiger partial charge in [-0.15, -0.1) is 0 Å². The Kier molecular flexibility index (Phi) is 6.17. The smallest absolute Gasteiger partial charge is 0.374 e. The maximum absolute atomic E-state index is 12.4. The summed E-state index contributed by atoms with van der Waals surface area (Å²) in [5.74, 6) is -1.45. The Morgan fingerprint density at radius 3 is 2.58 bits per heavy atom. The molecule has 26 heavy (non-hydrogen) atoms. The van der Waals surface area contributed by atoms with Crippen molar-refractivity contribution in [2.45, 2.75) is 25.3 Å². The molecule has 9 heteroatoms. The van der Waals surface area contributed by atoms with Gasteiger partial charge in [-0.05, 0) is 30.7 Å². The van der Waals surface area contributed by atoms with E-state index in [2.05, 4.69) is 9.46 Å². The molecule has 0 aliphatic rings. The van der Waals surface area contributed by atoms with Gasteiger partial charge in [-0.3, -0.25) is 0 Å². The Balaban J connectivity index is 2.20. The first kappa shape index (κ1) is 19.7. The first-order valence-corrected chi connectivity index (χ1v) is 9.20. The summed E-state index contributed by atoms with van der Waals surface area (Å²) in [7, 11) is -2.49. The van der Waals surface area contributed by atoms with Crippen molar-refractivity contribution < 1.29 is 31.9 Å². The molecule has 0 saturated heterocycles. The number of carbonyl (C=O) groups excluding carboxylic acids is 2. The monoisotopic (exact) mass is 381 g/mol. The number of sulfonamides is 1. The molecule has 1 aromatic heterocycles. The zero-order valence-corrected chi connectivity index (χ0v) is 15.4. The third-order valence-electron chi connectivity index (χ3n) is 3.55. The fourth-order valence-corrected chi connectivity index (χ4v) is 3.27. The molecule has 0 radical (unpaired) electrons. The summed E-state index contributed by atoms with van der Waals surface area (Å²) in [5, 5.41) is 0. The van der Waals surface area contributed by atoms with Gasteiger partial charge in [0.15, 0.2) is 0 Å². The molecular weight excluding hydrogens is 362 g/mol. The van der Waals surface area contributed by atoms with Crippen molar-refractivity contribution in [3.63, 3.8) is 0 Å². The second-order valence-electron chi connectivity index (χ2n) is 5.32. The van der Waals surface area contributed by atoms with Crippen LogP contribution in [0.2, 0.25) is 0 Å². The number of ether oxygens (including phenoxy) is 2. The molecule has 140 valence electrons. The molecule has 0 bridgehead atoms. The zero-order valence-electron chi connectivity index (χ0n) is 14.6. The molecule has 0 spiro atoms. The van der Waals surface area contributed by atoms with Gasteiger partial charge < -0.3 is 13.9 Å². The third-order valence-corrected chi connectivity index (χ3v) is 5.09. The molecule has 1 N–H and O–H groups in total. The van der Waals surface area contributed by atoms with Crippen molar-refractivity contribution in [2.24, 2.45) is 0 Å². The van der Waals surface area contributed by atoms with Gasteiger partial charge in [0, 0.05) is 12.1 Å². The Hall–Kier alpha value is -2.65. The summed E-state index contributed by atoms with van der Waals surface area (Å²) >= 11 is 0. The van der Waals surface area contributed by atoms with Gasteiger partial charge in [-0.1, -0.05) is 13.0 Å². The topological polar surface area (TPSA) is 112 Å². The van der Waals surface area contributed by atoms with Crippen LogP contribution in [0.15, 0.2) is 39.8 Å². The highest BCUT2D eigenvalue weighted by Gasteiger charge is 2.20. The number of hydrogen-bond acceptors (Lipinski definition) is 7. The van der Waals surface area contributed by atoms with Crippen LogP contribution in [0.1, 0.15) is 39.0 Å². The Labute approximate surface area is 151 Å². The summed E-state index contributed by atoms with van der Waals surface area (Å²) in [6.45, 7) is 3.33. The minimum atomic E-state index is -3.70. The van der Waals surface area contributed by atoms with Gasteiger partial charge in [0.2, 0.25) is 15.8 Å². The standard InChI is InChI=1S/C17H19NO7S/c1-4-18-26(21,22)13-6-5-11(2)14(9-13)16(19)25-10-12-7-8-24-15(12)17(20)23-3/h5-9,18H,4,10H2,1-3H3. The number of carbonyl (C=O) groups is 2. The van der Waals surface area contributed by atoms with Crippen molar-refractivity contribution in [3.05, 3.63) is 53.0 Å². The minimum absolute atomic E-state index is 0.0320. The number of nitrogens with one attached hydrogen (secondary N) is 1. The van der Waals surface area contributed by atoms with Gasteiger partial charge in [-0.2, -0.15) is 0 Å². The first-order valence-electron chi connectivity index (χ1n) is 7.72. The van der Waals surface area contributed by atoms with E-state index in [-0.39, 0.29) is 29.4 Å². The number of methoxy groups -OCH3 is 1. The van der Waals surface area contributed by atoms with Gasteiger partial charge in [-0.25, -0.2) is 22.7 Å². The minimum Gasteiger partial charge on any atom is -0.463 e. The zero-order chi connectivity index (χ0) is 19.3. The molecule has 0 aliphatic carbocycles. The molecule has 8 nitrogen and oxygen atoms in total. The van der Waals surface area contributed by atoms with E-state index in [1.807, 2.05) is 0 Å². The average Bonchev–Trinajstić information content (AvgIpc) is 3.07. The maximum atomic E-state index is 12.4. The lowest BCUT2D eigenvalue weighted by Gasteiger charge is -2.10. The van der Waals surface area contributed by atoms with Gasteiger partial charge >= 0.3 is 11.9 Å². The predicted molar refractivity (Wildman–Crippen MR) is 91.2 cm³/mol. The fraction of sp³-hybridized carbons (Fsp3) is 0.294. The molecule has 0 amide bonds. The lowest BCUT2D eigenvalue weighted by Crippen LogP contribution is -2.23. The molecule has 2 aromatic rings. The number of rotatable bonds is 7. The van der Waals surface area contributed by atoms with E-state index >= 15 is 0 Å². The summed E-state index contributed by atoms with van der Waals surface area (Å²) in [6.07, 6.45) is 1.28. The molecule has 0 atom stereocenters. The Bertz CT molecular complexity index is 915. The van der Waals surface area contributed by atoms with Crippen LogP contribution in [0.5, 0.6) is 0 Å². The van der Waals surface area contributed by atoms with E-state index in [9.17, 15) is 18.0 Å². The molecule has 0 fully saturated rings. The van der Waals surface area contributed by atoms with Crippen molar-refractivity contribution in [3.8, 4) is 0 Å². The number of benzene rings is 1. The third kappa shape index (κ3) is 4.30. The van der Waals surface area contributed by atoms with Crippen molar-refractivity contribution in [2.75, 3.05) is 13.7 Å². The van der Waals surface area contributed by atoms with E-state index in [1.165, 1.54) is 37.6 Å². The van der Waals surface area contributed by atoms with E-state index in [4.69, 9.17) is 9.15 Å². The van der Waals surface area contributed by atoms with Crippen LogP contribution in [0, 0.1) is 6.92 Å². The van der Waals surface area contributed by atoms with Gasteiger partial charge in [0.05, 0.1) is 23.8 Å². The average molecular weight is 381 g/mol. The second-order valence-corrected chi connectivity index (χ2v) is 7.09. The van der Waals surface area contributed by atoms with Crippen LogP contribution >= 0.6 is 0 Å². The molecule has 0 aliphatic heterocycles. The highest BCUT2D eigenvalue weighted by Crippen LogP contribution is 2.18. The lowest BCUT2D eigenvalue weighted by molar-refractivity contribution is 0.0452. The number of hydrogen-bond donors (Lipinski definition) is 1. The number of esters is 2. The van der Waals surface area contributed by atoms with Crippen LogP contribution < -0.4 is 4.72 Å². The highest BCUT2D eigenvalue weighted by molar-refractivity contribution is 7.89. The number of furan rings is 1. The lowest BCUT2D eigenvalue weighted by atomic mass is 10.1. The predicted octanol–water partition coefficient (Wildman–Crippen LogP) is 2.03. The van der Waals surface area contributed by atoms with Gasteiger partial charge in [0.1, 0.15) is 6.61 Å². The Morgan fingerprint density at radius 2 is 1.92 bits per heavy atom. The normalized spacial score (nSPS) is 11.2. The van der Waals surface area contributed by atoms with Crippen molar-refractivity contribution >= 4 is 22.0 Å². The van der Waals surface area contributed by atoms with E-state index < -0.39 is 22.0 Å². The van der Waals surface area contributed by atoms with Crippen LogP contribution in [0.4, 0.5) is 0 Å². The quantitative estimate of drug-likeness (QED) is 0.730. The van der Waals surface area contributed by atoms with Gasteiger partial charge in [0.25, 0.3) is 0 Å². The summed E-state index contributed by atoms with van der Waals surface area (Å²) in [5.41, 5.74) is 1.03. The summed E-state index contributed by atoms with van der Waals surface area (Å²) < 4.78 is 41.3. The number of aryl methyl sites for hydroxylation is 1. The van der Waals surface area contributed by atoms with Crippen LogP contribution in [0.3, 0.4) is 0 Å². The van der Waals surface area contributed by atoms with Crippen molar-refractivity contribution in [1.29, 1.82) is 0 Å². The molecule has 1 aromatic carbocycles. The maximum Gasteiger partial charge on any atom is 0.374 e. The van der Waals surface area contributed by atoms with Crippen LogP contribution in [-0.2, 0) is 26.1 Å². The molecular formula is C17H19NO7S. The van der Waals surface area contributed by atoms with E-state index in [0.717, 1.165) is 0 Å². The largest absolute Gasteiger partial charge is 0.463 e. The molecule has 0 unspecified atom stereocenters. The summed E-state index contributed by atoms with van der Waals surface area (Å²) in [4.78, 5) is 23.9. The van der Waals surface area contributed by atoms with E-state index in [0.29, 0.717) is 11.1 Å². The molecule has 0 saturated carbocycles. The van der Waals surface area contributed by atoms with E-state index in [1.54, 1.807) is 13.8 Å². The van der Waals surface area contributed by atoms with Crippen LogP contribution in [0.25, 0.3) is 0 Å². The molecule has 2 rings (SSSR count). The second kappa shape index (κ2) is 8.15. The molecule has 1 heterocycles. The highest BCUT2D eigenvalue weighted by atomic mass is 32.2. The fourth-order valence-electron chi connectivity index (χ4n) is 2.20. The summed E-state index contributed by atoms with van der Waals surface area (Å²) in [6, 6.07) is 5.68. The van der Waals surface area contributed by atoms with Crippen molar-refractivity contribution in [1.82, 2.24) is 4.72 Å².